The number of amides is 1. The summed E-state index contributed by atoms with van der Waals surface area (Å²) < 4.78 is 5.47. The van der Waals surface area contributed by atoms with E-state index in [0.29, 0.717) is 25.2 Å². The largest absolute Gasteiger partial charge is 0.379 e. The van der Waals surface area contributed by atoms with E-state index in [4.69, 9.17) is 4.74 Å². The Labute approximate surface area is 117 Å². The maximum atomic E-state index is 12.8. The van der Waals surface area contributed by atoms with Crippen molar-refractivity contribution in [2.75, 3.05) is 26.8 Å². The summed E-state index contributed by atoms with van der Waals surface area (Å²) >= 11 is 0. The molecular weight excluding hydrogens is 240 g/mol. The first kappa shape index (κ1) is 16.4. The molecule has 112 valence electrons. The fraction of sp³-hybridized carbons (Fsp3) is 0.933. The van der Waals surface area contributed by atoms with Gasteiger partial charge in [-0.05, 0) is 25.8 Å². The van der Waals surface area contributed by atoms with Crippen LogP contribution >= 0.6 is 0 Å². The summed E-state index contributed by atoms with van der Waals surface area (Å²) in [4.78, 5) is 14.9. The van der Waals surface area contributed by atoms with Gasteiger partial charge in [0.25, 0.3) is 0 Å². The Morgan fingerprint density at radius 2 is 1.95 bits per heavy atom. The predicted octanol–water partition coefficient (Wildman–Crippen LogP) is 1.89. The lowest BCUT2D eigenvalue weighted by Crippen LogP contribution is -2.49. The maximum Gasteiger partial charge on any atom is 0.229 e. The predicted molar refractivity (Wildman–Crippen MR) is 78.1 cm³/mol. The molecule has 4 nitrogen and oxygen atoms in total. The van der Waals surface area contributed by atoms with Crippen LogP contribution < -0.4 is 5.32 Å². The van der Waals surface area contributed by atoms with E-state index in [-0.39, 0.29) is 17.9 Å². The van der Waals surface area contributed by atoms with Crippen LogP contribution in [0.3, 0.4) is 0 Å². The molecule has 0 spiro atoms. The summed E-state index contributed by atoms with van der Waals surface area (Å²) in [5.41, 5.74) is 0. The molecule has 1 heterocycles. The SMILES string of the molecule is CCC(CC)N(CC(C)C)C(=O)C1COCC1NC. The number of hydrogen-bond acceptors (Lipinski definition) is 3. The van der Waals surface area contributed by atoms with E-state index in [1.807, 2.05) is 7.05 Å². The molecule has 0 aromatic heterocycles. The number of nitrogens with zero attached hydrogens (tertiary/aromatic N) is 1. The van der Waals surface area contributed by atoms with Crippen molar-refractivity contribution in [2.45, 2.75) is 52.6 Å². The summed E-state index contributed by atoms with van der Waals surface area (Å²) in [7, 11) is 1.91. The van der Waals surface area contributed by atoms with Gasteiger partial charge in [0.15, 0.2) is 0 Å². The van der Waals surface area contributed by atoms with Gasteiger partial charge in [-0.1, -0.05) is 27.7 Å². The monoisotopic (exact) mass is 270 g/mol. The van der Waals surface area contributed by atoms with Gasteiger partial charge < -0.3 is 15.0 Å². The molecule has 19 heavy (non-hydrogen) atoms. The first-order valence-corrected chi connectivity index (χ1v) is 7.60. The third-order valence-electron chi connectivity index (χ3n) is 4.00. The second-order valence-electron chi connectivity index (χ2n) is 5.89. The first-order valence-electron chi connectivity index (χ1n) is 7.60. The molecule has 2 atom stereocenters. The first-order chi connectivity index (χ1) is 9.04. The number of carbonyl (C=O) groups is 1. The third kappa shape index (κ3) is 4.18. The van der Waals surface area contributed by atoms with Crippen LogP contribution in [0.4, 0.5) is 0 Å². The van der Waals surface area contributed by atoms with Gasteiger partial charge in [-0.2, -0.15) is 0 Å². The van der Waals surface area contributed by atoms with Crippen LogP contribution in [0, 0.1) is 11.8 Å². The minimum absolute atomic E-state index is 0.0238. The van der Waals surface area contributed by atoms with Crippen molar-refractivity contribution in [2.24, 2.45) is 11.8 Å². The zero-order valence-corrected chi connectivity index (χ0v) is 13.1. The third-order valence-corrected chi connectivity index (χ3v) is 4.00. The standard InChI is InChI=1S/C15H30N2O2/c1-6-12(7-2)17(8-11(3)4)15(18)13-9-19-10-14(13)16-5/h11-14,16H,6-10H2,1-5H3. The number of nitrogens with one attached hydrogen (secondary N) is 1. The number of rotatable bonds is 7. The molecule has 1 rings (SSSR count). The molecule has 1 aliphatic rings. The zero-order valence-electron chi connectivity index (χ0n) is 13.1. The van der Waals surface area contributed by atoms with E-state index in [0.717, 1.165) is 19.4 Å². The van der Waals surface area contributed by atoms with Crippen LogP contribution in [-0.4, -0.2) is 49.7 Å². The van der Waals surface area contributed by atoms with E-state index in [1.54, 1.807) is 0 Å². The van der Waals surface area contributed by atoms with Gasteiger partial charge in [0, 0.05) is 18.6 Å². The molecule has 4 heteroatoms. The van der Waals surface area contributed by atoms with Crippen molar-refractivity contribution >= 4 is 5.91 Å². The van der Waals surface area contributed by atoms with Gasteiger partial charge in [-0.3, -0.25) is 4.79 Å². The highest BCUT2D eigenvalue weighted by Gasteiger charge is 2.37. The van der Waals surface area contributed by atoms with Crippen molar-refractivity contribution in [1.29, 1.82) is 0 Å². The van der Waals surface area contributed by atoms with E-state index < -0.39 is 0 Å². The topological polar surface area (TPSA) is 41.6 Å². The number of likely N-dealkylation sites (N-methyl/N-ethyl adjacent to an activating group) is 1. The van der Waals surface area contributed by atoms with Crippen molar-refractivity contribution in [3.63, 3.8) is 0 Å². The normalized spacial score (nSPS) is 23.3. The van der Waals surface area contributed by atoms with E-state index in [9.17, 15) is 4.79 Å². The van der Waals surface area contributed by atoms with Crippen LogP contribution in [0.2, 0.25) is 0 Å². The Bertz CT molecular complexity index is 277. The maximum absolute atomic E-state index is 12.8. The molecule has 1 aliphatic heterocycles. The summed E-state index contributed by atoms with van der Waals surface area (Å²) in [5, 5.41) is 3.21. The molecule has 0 saturated carbocycles. The van der Waals surface area contributed by atoms with Gasteiger partial charge in [-0.15, -0.1) is 0 Å². The second-order valence-corrected chi connectivity index (χ2v) is 5.89. The van der Waals surface area contributed by atoms with Crippen LogP contribution in [-0.2, 0) is 9.53 Å². The van der Waals surface area contributed by atoms with Crippen LogP contribution in [0.25, 0.3) is 0 Å². The van der Waals surface area contributed by atoms with Crippen LogP contribution in [0.15, 0.2) is 0 Å². The van der Waals surface area contributed by atoms with Gasteiger partial charge in [0.05, 0.1) is 19.1 Å². The lowest BCUT2D eigenvalue weighted by Gasteiger charge is -2.35. The minimum atomic E-state index is -0.0238. The van der Waals surface area contributed by atoms with Gasteiger partial charge in [0.2, 0.25) is 5.91 Å². The smallest absolute Gasteiger partial charge is 0.229 e. The van der Waals surface area contributed by atoms with Crippen LogP contribution in [0.5, 0.6) is 0 Å². The summed E-state index contributed by atoms with van der Waals surface area (Å²) in [6, 6.07) is 0.518. The minimum Gasteiger partial charge on any atom is -0.379 e. The molecule has 1 saturated heterocycles. The lowest BCUT2D eigenvalue weighted by molar-refractivity contribution is -0.139. The second kappa shape index (κ2) is 7.85. The van der Waals surface area contributed by atoms with Crippen molar-refractivity contribution in [3.05, 3.63) is 0 Å². The quantitative estimate of drug-likeness (QED) is 0.768. The number of hydrogen-bond donors (Lipinski definition) is 1. The Balaban J connectivity index is 2.80. The Morgan fingerprint density at radius 3 is 2.42 bits per heavy atom. The Hall–Kier alpha value is -0.610. The Morgan fingerprint density at radius 1 is 1.32 bits per heavy atom. The van der Waals surface area contributed by atoms with Crippen molar-refractivity contribution in [3.8, 4) is 0 Å². The summed E-state index contributed by atoms with van der Waals surface area (Å²) in [6.07, 6.45) is 2.04. The molecule has 0 aromatic rings. The molecule has 0 aromatic carbocycles. The zero-order chi connectivity index (χ0) is 14.4. The highest BCUT2D eigenvalue weighted by Crippen LogP contribution is 2.21. The van der Waals surface area contributed by atoms with Crippen molar-refractivity contribution < 1.29 is 9.53 Å². The summed E-state index contributed by atoms with van der Waals surface area (Å²) in [6.45, 7) is 10.7. The van der Waals surface area contributed by atoms with Crippen molar-refractivity contribution in [1.82, 2.24) is 10.2 Å². The Kier molecular flexibility index (Phi) is 6.80. The molecule has 0 radical (unpaired) electrons. The van der Waals surface area contributed by atoms with E-state index in [1.165, 1.54) is 0 Å². The molecular formula is C15H30N2O2. The molecule has 1 amide bonds. The fourth-order valence-corrected chi connectivity index (χ4v) is 2.84. The molecule has 0 aliphatic carbocycles. The highest BCUT2D eigenvalue weighted by molar-refractivity contribution is 5.80. The summed E-state index contributed by atoms with van der Waals surface area (Å²) in [5.74, 6) is 0.739. The number of ether oxygens (including phenoxy) is 1. The molecule has 2 unspecified atom stereocenters. The molecule has 1 N–H and O–H groups in total. The average molecular weight is 270 g/mol. The van der Waals surface area contributed by atoms with E-state index >= 15 is 0 Å². The van der Waals surface area contributed by atoms with E-state index in [2.05, 4.69) is 37.9 Å². The average Bonchev–Trinajstić information content (AvgIpc) is 2.85. The number of carbonyl (C=O) groups excluding carboxylic acids is 1. The lowest BCUT2D eigenvalue weighted by atomic mass is 9.98. The van der Waals surface area contributed by atoms with Crippen LogP contribution in [0.1, 0.15) is 40.5 Å². The van der Waals surface area contributed by atoms with Gasteiger partial charge in [0.1, 0.15) is 0 Å². The van der Waals surface area contributed by atoms with Gasteiger partial charge >= 0.3 is 0 Å². The highest BCUT2D eigenvalue weighted by atomic mass is 16.5. The van der Waals surface area contributed by atoms with Gasteiger partial charge in [-0.25, -0.2) is 0 Å². The molecule has 1 fully saturated rings. The molecule has 0 bridgehead atoms. The fourth-order valence-electron chi connectivity index (χ4n) is 2.84.